The van der Waals surface area contributed by atoms with Gasteiger partial charge in [-0.1, -0.05) is 20.8 Å². The van der Waals surface area contributed by atoms with Gasteiger partial charge < -0.3 is 10.6 Å². The summed E-state index contributed by atoms with van der Waals surface area (Å²) in [6.07, 6.45) is 3.17. The molecular formula is C16H26N4S. The summed E-state index contributed by atoms with van der Waals surface area (Å²) >= 11 is 1.76. The van der Waals surface area contributed by atoms with Gasteiger partial charge in [0.25, 0.3) is 0 Å². The number of aryl methyl sites for hydroxylation is 1. The van der Waals surface area contributed by atoms with Crippen molar-refractivity contribution in [2.45, 2.75) is 59.4 Å². The summed E-state index contributed by atoms with van der Waals surface area (Å²) in [7, 11) is 0. The van der Waals surface area contributed by atoms with Crippen molar-refractivity contribution in [1.29, 1.82) is 0 Å². The zero-order chi connectivity index (χ0) is 15.5. The lowest BCUT2D eigenvalue weighted by molar-refractivity contribution is 0.477. The van der Waals surface area contributed by atoms with Crippen LogP contribution in [0, 0.1) is 0 Å². The average molecular weight is 306 g/mol. The van der Waals surface area contributed by atoms with Crippen LogP contribution in [0.15, 0.2) is 6.07 Å². The number of thiophene rings is 1. The third-order valence-corrected chi connectivity index (χ3v) is 5.28. The van der Waals surface area contributed by atoms with Crippen molar-refractivity contribution in [1.82, 2.24) is 9.97 Å². The molecule has 0 unspecified atom stereocenters. The van der Waals surface area contributed by atoms with E-state index in [1.165, 1.54) is 4.88 Å². The van der Waals surface area contributed by atoms with E-state index in [9.17, 15) is 0 Å². The lowest BCUT2D eigenvalue weighted by Gasteiger charge is -2.29. The van der Waals surface area contributed by atoms with Crippen LogP contribution in [-0.2, 0) is 6.42 Å². The molecule has 2 N–H and O–H groups in total. The van der Waals surface area contributed by atoms with E-state index < -0.39 is 0 Å². The van der Waals surface area contributed by atoms with Gasteiger partial charge in [-0.3, -0.25) is 0 Å². The van der Waals surface area contributed by atoms with Gasteiger partial charge in [0.2, 0.25) is 5.95 Å². The van der Waals surface area contributed by atoms with Gasteiger partial charge in [0.05, 0.1) is 5.39 Å². The molecule has 2 rings (SSSR count). The highest BCUT2D eigenvalue weighted by Gasteiger charge is 2.22. The number of rotatable bonds is 7. The molecular weight excluding hydrogens is 280 g/mol. The summed E-state index contributed by atoms with van der Waals surface area (Å²) in [5.41, 5.74) is 0.0685. The summed E-state index contributed by atoms with van der Waals surface area (Å²) in [6.45, 7) is 11.8. The lowest BCUT2D eigenvalue weighted by atomic mass is 9.95. The van der Waals surface area contributed by atoms with Crippen molar-refractivity contribution in [2.75, 3.05) is 17.2 Å². The molecule has 0 saturated carbocycles. The second kappa shape index (κ2) is 6.60. The maximum absolute atomic E-state index is 4.69. The number of nitrogens with one attached hydrogen (secondary N) is 2. The van der Waals surface area contributed by atoms with E-state index in [-0.39, 0.29) is 5.54 Å². The molecule has 0 atom stereocenters. The first kappa shape index (κ1) is 16.0. The van der Waals surface area contributed by atoms with Crippen molar-refractivity contribution >= 4 is 33.3 Å². The van der Waals surface area contributed by atoms with Crippen molar-refractivity contribution < 1.29 is 0 Å². The molecule has 0 saturated heterocycles. The Morgan fingerprint density at radius 3 is 2.43 bits per heavy atom. The first-order chi connectivity index (χ1) is 10.0. The van der Waals surface area contributed by atoms with E-state index >= 15 is 0 Å². The molecule has 2 aromatic heterocycles. The van der Waals surface area contributed by atoms with Crippen LogP contribution in [0.4, 0.5) is 11.8 Å². The van der Waals surface area contributed by atoms with E-state index in [4.69, 9.17) is 4.98 Å². The normalized spacial score (nSPS) is 11.9. The molecule has 0 spiro atoms. The second-order valence-corrected chi connectivity index (χ2v) is 6.72. The van der Waals surface area contributed by atoms with Gasteiger partial charge in [0, 0.05) is 17.0 Å². The van der Waals surface area contributed by atoms with Crippen LogP contribution >= 0.6 is 11.3 Å². The zero-order valence-electron chi connectivity index (χ0n) is 13.7. The summed E-state index contributed by atoms with van der Waals surface area (Å²) in [6, 6.07) is 2.23. The molecule has 0 bridgehead atoms. The fraction of sp³-hybridized carbons (Fsp3) is 0.625. The first-order valence-electron chi connectivity index (χ1n) is 7.87. The standard InChI is InChI=1S/C16H26N4S/c1-6-11-10-12-13(20-16(5,7-2)8-3)18-15(17-9-4)19-14(12)21-11/h10H,6-9H2,1-5H3,(H2,17,18,19,20). The van der Waals surface area contributed by atoms with Crippen molar-refractivity contribution in [3.63, 3.8) is 0 Å². The maximum Gasteiger partial charge on any atom is 0.226 e. The Kier molecular flexibility index (Phi) is 5.04. The fourth-order valence-electron chi connectivity index (χ4n) is 2.19. The number of fused-ring (bicyclic) bond motifs is 1. The fourth-order valence-corrected chi connectivity index (χ4v) is 3.16. The maximum atomic E-state index is 4.69. The Balaban J connectivity index is 2.50. The number of nitrogens with zero attached hydrogens (tertiary/aromatic N) is 2. The molecule has 0 radical (unpaired) electrons. The highest BCUT2D eigenvalue weighted by Crippen LogP contribution is 2.32. The van der Waals surface area contributed by atoms with Gasteiger partial charge in [0.15, 0.2) is 0 Å². The summed E-state index contributed by atoms with van der Waals surface area (Å²) in [4.78, 5) is 11.7. The van der Waals surface area contributed by atoms with E-state index in [1.54, 1.807) is 11.3 Å². The lowest BCUT2D eigenvalue weighted by Crippen LogP contribution is -2.33. The number of aromatic nitrogens is 2. The Bertz CT molecular complexity index is 602. The Labute approximate surface area is 131 Å². The third kappa shape index (κ3) is 3.46. The molecule has 2 heterocycles. The van der Waals surface area contributed by atoms with E-state index in [0.29, 0.717) is 5.95 Å². The van der Waals surface area contributed by atoms with Crippen molar-refractivity contribution in [3.8, 4) is 0 Å². The Hall–Kier alpha value is -1.36. The molecule has 5 heteroatoms. The highest BCUT2D eigenvalue weighted by molar-refractivity contribution is 7.18. The molecule has 0 fully saturated rings. The Morgan fingerprint density at radius 1 is 1.14 bits per heavy atom. The third-order valence-electron chi connectivity index (χ3n) is 4.11. The molecule has 0 aliphatic heterocycles. The second-order valence-electron chi connectivity index (χ2n) is 5.60. The largest absolute Gasteiger partial charge is 0.364 e. The number of hydrogen-bond donors (Lipinski definition) is 2. The summed E-state index contributed by atoms with van der Waals surface area (Å²) < 4.78 is 0. The van der Waals surface area contributed by atoms with Gasteiger partial charge in [-0.05, 0) is 39.2 Å². The minimum absolute atomic E-state index is 0.0685. The number of hydrogen-bond acceptors (Lipinski definition) is 5. The molecule has 2 aromatic rings. The summed E-state index contributed by atoms with van der Waals surface area (Å²) in [5.74, 6) is 1.67. The predicted molar refractivity (Wildman–Crippen MR) is 93.6 cm³/mol. The highest BCUT2D eigenvalue weighted by atomic mass is 32.1. The quantitative estimate of drug-likeness (QED) is 0.780. The monoisotopic (exact) mass is 306 g/mol. The number of anilines is 2. The minimum Gasteiger partial charge on any atom is -0.364 e. The topological polar surface area (TPSA) is 49.8 Å². The molecule has 0 aliphatic carbocycles. The van der Waals surface area contributed by atoms with Gasteiger partial charge >= 0.3 is 0 Å². The van der Waals surface area contributed by atoms with Crippen molar-refractivity contribution in [3.05, 3.63) is 10.9 Å². The average Bonchev–Trinajstić information content (AvgIpc) is 2.91. The molecule has 0 amide bonds. The van der Waals surface area contributed by atoms with Gasteiger partial charge in [0.1, 0.15) is 10.6 Å². The smallest absolute Gasteiger partial charge is 0.226 e. The summed E-state index contributed by atoms with van der Waals surface area (Å²) in [5, 5.41) is 8.03. The van der Waals surface area contributed by atoms with Crippen LogP contribution in [0.5, 0.6) is 0 Å². The van der Waals surface area contributed by atoms with Gasteiger partial charge in [-0.2, -0.15) is 4.98 Å². The van der Waals surface area contributed by atoms with Crippen LogP contribution in [-0.4, -0.2) is 22.1 Å². The molecule has 4 nitrogen and oxygen atoms in total. The minimum atomic E-state index is 0.0685. The van der Waals surface area contributed by atoms with E-state index in [1.807, 2.05) is 0 Å². The zero-order valence-corrected chi connectivity index (χ0v) is 14.5. The molecule has 0 aromatic carbocycles. The molecule has 116 valence electrons. The van der Waals surface area contributed by atoms with Gasteiger partial charge in [-0.25, -0.2) is 4.98 Å². The van der Waals surface area contributed by atoms with Crippen molar-refractivity contribution in [2.24, 2.45) is 0 Å². The van der Waals surface area contributed by atoms with Crippen LogP contribution in [0.25, 0.3) is 10.2 Å². The van der Waals surface area contributed by atoms with Gasteiger partial charge in [-0.15, -0.1) is 11.3 Å². The van der Waals surface area contributed by atoms with E-state index in [2.05, 4.69) is 56.3 Å². The van der Waals surface area contributed by atoms with Crippen LogP contribution in [0.1, 0.15) is 52.3 Å². The van der Waals surface area contributed by atoms with Crippen LogP contribution in [0.2, 0.25) is 0 Å². The first-order valence-corrected chi connectivity index (χ1v) is 8.69. The SMILES string of the molecule is CCNc1nc(NC(C)(CC)CC)c2cc(CC)sc2n1. The predicted octanol–water partition coefficient (Wildman–Crippen LogP) is 4.68. The Morgan fingerprint density at radius 2 is 1.86 bits per heavy atom. The van der Waals surface area contributed by atoms with Crippen LogP contribution in [0.3, 0.4) is 0 Å². The molecule has 21 heavy (non-hydrogen) atoms. The van der Waals surface area contributed by atoms with E-state index in [0.717, 1.165) is 41.8 Å². The van der Waals surface area contributed by atoms with Crippen LogP contribution < -0.4 is 10.6 Å². The molecule has 0 aliphatic rings.